The maximum absolute atomic E-state index is 11.9. The number of amides is 1. The van der Waals surface area contributed by atoms with Crippen LogP contribution in [0.25, 0.3) is 0 Å². The Morgan fingerprint density at radius 3 is 2.17 bits per heavy atom. The van der Waals surface area contributed by atoms with Gasteiger partial charge in [-0.15, -0.1) is 0 Å². The fourth-order valence-corrected chi connectivity index (χ4v) is 1.92. The number of hydrogen-bond acceptors (Lipinski definition) is 5. The summed E-state index contributed by atoms with van der Waals surface area (Å²) in [5.41, 5.74) is 1.09. The first-order valence-electron chi connectivity index (χ1n) is 7.46. The van der Waals surface area contributed by atoms with E-state index < -0.39 is 0 Å². The summed E-state index contributed by atoms with van der Waals surface area (Å²) in [5, 5.41) is 2.72. The second kappa shape index (κ2) is 8.57. The van der Waals surface area contributed by atoms with E-state index in [0.717, 1.165) is 0 Å². The van der Waals surface area contributed by atoms with E-state index in [9.17, 15) is 9.59 Å². The highest BCUT2D eigenvalue weighted by Gasteiger charge is 2.07. The number of hydrogen-bond donors (Lipinski definition) is 1. The standard InChI is InChI=1S/C18H19NO5/c1-3-23-18(21)13-4-8-16(9-5-13)24-12-17(20)19-14-6-10-15(22-2)11-7-14/h4-11H,3,12H2,1-2H3,(H,19,20). The Morgan fingerprint density at radius 2 is 1.58 bits per heavy atom. The maximum Gasteiger partial charge on any atom is 0.338 e. The maximum atomic E-state index is 11.9. The van der Waals surface area contributed by atoms with Gasteiger partial charge in [-0.05, 0) is 55.5 Å². The van der Waals surface area contributed by atoms with E-state index in [1.165, 1.54) is 0 Å². The van der Waals surface area contributed by atoms with Crippen molar-refractivity contribution < 1.29 is 23.8 Å². The highest BCUT2D eigenvalue weighted by molar-refractivity contribution is 5.92. The summed E-state index contributed by atoms with van der Waals surface area (Å²) < 4.78 is 15.3. The number of methoxy groups -OCH3 is 1. The van der Waals surface area contributed by atoms with E-state index >= 15 is 0 Å². The van der Waals surface area contributed by atoms with Crippen molar-refractivity contribution in [2.24, 2.45) is 0 Å². The molecule has 0 radical (unpaired) electrons. The molecule has 6 nitrogen and oxygen atoms in total. The number of esters is 1. The number of carbonyl (C=O) groups is 2. The Hall–Kier alpha value is -3.02. The van der Waals surface area contributed by atoms with Gasteiger partial charge >= 0.3 is 5.97 Å². The zero-order valence-corrected chi connectivity index (χ0v) is 13.6. The molecule has 1 amide bonds. The van der Waals surface area contributed by atoms with Crippen molar-refractivity contribution in [2.45, 2.75) is 6.92 Å². The normalized spacial score (nSPS) is 9.92. The van der Waals surface area contributed by atoms with Crippen LogP contribution in [0, 0.1) is 0 Å². The Kier molecular flexibility index (Phi) is 6.19. The summed E-state index contributed by atoms with van der Waals surface area (Å²) in [6.07, 6.45) is 0. The van der Waals surface area contributed by atoms with Crippen molar-refractivity contribution in [3.63, 3.8) is 0 Å². The Balaban J connectivity index is 1.83. The Bertz CT molecular complexity index is 680. The molecule has 2 aromatic rings. The van der Waals surface area contributed by atoms with Crippen LogP contribution < -0.4 is 14.8 Å². The molecule has 2 rings (SSSR count). The van der Waals surface area contributed by atoms with E-state index in [2.05, 4.69) is 5.32 Å². The highest BCUT2D eigenvalue weighted by atomic mass is 16.5. The van der Waals surface area contributed by atoms with Crippen LogP contribution in [0.4, 0.5) is 5.69 Å². The highest BCUT2D eigenvalue weighted by Crippen LogP contribution is 2.16. The van der Waals surface area contributed by atoms with Crippen molar-refractivity contribution >= 4 is 17.6 Å². The lowest BCUT2D eigenvalue weighted by Crippen LogP contribution is -2.20. The van der Waals surface area contributed by atoms with Crippen molar-refractivity contribution in [3.8, 4) is 11.5 Å². The largest absolute Gasteiger partial charge is 0.497 e. The molecular formula is C18H19NO5. The van der Waals surface area contributed by atoms with E-state index in [4.69, 9.17) is 14.2 Å². The van der Waals surface area contributed by atoms with E-state index in [-0.39, 0.29) is 18.5 Å². The van der Waals surface area contributed by atoms with E-state index in [1.807, 2.05) is 0 Å². The van der Waals surface area contributed by atoms with E-state index in [0.29, 0.717) is 29.4 Å². The number of anilines is 1. The van der Waals surface area contributed by atoms with Gasteiger partial charge in [0.05, 0.1) is 19.3 Å². The summed E-state index contributed by atoms with van der Waals surface area (Å²) in [5.74, 6) is 0.537. The molecule has 0 saturated heterocycles. The average Bonchev–Trinajstić information content (AvgIpc) is 2.61. The molecule has 0 aliphatic rings. The third-order valence-electron chi connectivity index (χ3n) is 3.11. The lowest BCUT2D eigenvalue weighted by Gasteiger charge is -2.08. The predicted molar refractivity (Wildman–Crippen MR) is 89.5 cm³/mol. The molecule has 0 fully saturated rings. The predicted octanol–water partition coefficient (Wildman–Crippen LogP) is 2.89. The molecule has 0 spiro atoms. The third-order valence-corrected chi connectivity index (χ3v) is 3.11. The van der Waals surface area contributed by atoms with Gasteiger partial charge in [0.2, 0.25) is 0 Å². The fourth-order valence-electron chi connectivity index (χ4n) is 1.92. The van der Waals surface area contributed by atoms with Gasteiger partial charge in [0, 0.05) is 5.69 Å². The van der Waals surface area contributed by atoms with Crippen LogP contribution in [0.1, 0.15) is 17.3 Å². The summed E-state index contributed by atoms with van der Waals surface area (Å²) in [7, 11) is 1.58. The second-order valence-corrected chi connectivity index (χ2v) is 4.81. The van der Waals surface area contributed by atoms with Crippen molar-refractivity contribution in [2.75, 3.05) is 25.6 Å². The molecule has 0 aliphatic heterocycles. The number of benzene rings is 2. The molecule has 6 heteroatoms. The molecule has 0 heterocycles. The van der Waals surface area contributed by atoms with Crippen LogP contribution >= 0.6 is 0 Å². The topological polar surface area (TPSA) is 73.9 Å². The van der Waals surface area contributed by atoms with Crippen LogP contribution in [-0.2, 0) is 9.53 Å². The van der Waals surface area contributed by atoms with Gasteiger partial charge in [0.25, 0.3) is 5.91 Å². The van der Waals surface area contributed by atoms with Gasteiger partial charge in [0.15, 0.2) is 6.61 Å². The monoisotopic (exact) mass is 329 g/mol. The number of nitrogens with one attached hydrogen (secondary N) is 1. The molecule has 0 aliphatic carbocycles. The van der Waals surface area contributed by atoms with Gasteiger partial charge in [-0.3, -0.25) is 4.79 Å². The summed E-state index contributed by atoms with van der Waals surface area (Å²) >= 11 is 0. The summed E-state index contributed by atoms with van der Waals surface area (Å²) in [4.78, 5) is 23.4. The van der Waals surface area contributed by atoms with E-state index in [1.54, 1.807) is 62.6 Å². The molecule has 0 bridgehead atoms. The van der Waals surface area contributed by atoms with Gasteiger partial charge in [0.1, 0.15) is 11.5 Å². The van der Waals surface area contributed by atoms with Crippen molar-refractivity contribution in [1.29, 1.82) is 0 Å². The lowest BCUT2D eigenvalue weighted by atomic mass is 10.2. The summed E-state index contributed by atoms with van der Waals surface area (Å²) in [6, 6.07) is 13.4. The fraction of sp³-hybridized carbons (Fsp3) is 0.222. The van der Waals surface area contributed by atoms with Gasteiger partial charge in [-0.25, -0.2) is 4.79 Å². The van der Waals surface area contributed by atoms with Crippen LogP contribution in [0.3, 0.4) is 0 Å². The van der Waals surface area contributed by atoms with Crippen molar-refractivity contribution in [3.05, 3.63) is 54.1 Å². The Morgan fingerprint density at radius 1 is 0.958 bits per heavy atom. The second-order valence-electron chi connectivity index (χ2n) is 4.81. The molecular weight excluding hydrogens is 310 g/mol. The molecule has 0 unspecified atom stereocenters. The zero-order chi connectivity index (χ0) is 17.4. The minimum Gasteiger partial charge on any atom is -0.497 e. The molecule has 1 N–H and O–H groups in total. The van der Waals surface area contributed by atoms with Crippen LogP contribution in [0.15, 0.2) is 48.5 Å². The average molecular weight is 329 g/mol. The van der Waals surface area contributed by atoms with Gasteiger partial charge in [-0.2, -0.15) is 0 Å². The Labute approximate surface area is 140 Å². The van der Waals surface area contributed by atoms with Crippen LogP contribution in [-0.4, -0.2) is 32.2 Å². The molecule has 0 aromatic heterocycles. The molecule has 126 valence electrons. The van der Waals surface area contributed by atoms with Gasteiger partial charge < -0.3 is 19.5 Å². The van der Waals surface area contributed by atoms with Gasteiger partial charge in [-0.1, -0.05) is 0 Å². The first-order valence-corrected chi connectivity index (χ1v) is 7.46. The van der Waals surface area contributed by atoms with Crippen LogP contribution in [0.2, 0.25) is 0 Å². The van der Waals surface area contributed by atoms with Crippen molar-refractivity contribution in [1.82, 2.24) is 0 Å². The first-order chi connectivity index (χ1) is 11.6. The molecule has 2 aromatic carbocycles. The quantitative estimate of drug-likeness (QED) is 0.791. The van der Waals surface area contributed by atoms with Crippen LogP contribution in [0.5, 0.6) is 11.5 Å². The first kappa shape index (κ1) is 17.3. The summed E-state index contributed by atoms with van der Waals surface area (Å²) in [6.45, 7) is 1.93. The minimum absolute atomic E-state index is 0.134. The lowest BCUT2D eigenvalue weighted by molar-refractivity contribution is -0.118. The molecule has 24 heavy (non-hydrogen) atoms. The number of rotatable bonds is 7. The third kappa shape index (κ3) is 5.01. The number of carbonyl (C=O) groups excluding carboxylic acids is 2. The number of ether oxygens (including phenoxy) is 3. The molecule has 0 saturated carbocycles. The minimum atomic E-state index is -0.388. The molecule has 0 atom stereocenters. The SMILES string of the molecule is CCOC(=O)c1ccc(OCC(=O)Nc2ccc(OC)cc2)cc1. The smallest absolute Gasteiger partial charge is 0.338 e. The zero-order valence-electron chi connectivity index (χ0n) is 13.6.